The van der Waals surface area contributed by atoms with Crippen molar-refractivity contribution in [3.8, 4) is 0 Å². The van der Waals surface area contributed by atoms with Gasteiger partial charge in [-0.1, -0.05) is 37.1 Å². The average Bonchev–Trinajstić information content (AvgIpc) is 3.23. The van der Waals surface area contributed by atoms with Crippen molar-refractivity contribution in [1.29, 1.82) is 0 Å². The molecule has 1 amide bonds. The highest BCUT2D eigenvalue weighted by molar-refractivity contribution is 7.18. The van der Waals surface area contributed by atoms with Crippen molar-refractivity contribution in [2.75, 3.05) is 0 Å². The van der Waals surface area contributed by atoms with Gasteiger partial charge in [0.1, 0.15) is 0 Å². The van der Waals surface area contributed by atoms with E-state index in [1.165, 1.54) is 17.5 Å². The summed E-state index contributed by atoms with van der Waals surface area (Å²) < 4.78 is 1.21. The summed E-state index contributed by atoms with van der Waals surface area (Å²) in [6, 6.07) is 8.64. The highest BCUT2D eigenvalue weighted by atomic mass is 32.1. The molecular weight excluding hydrogens is 304 g/mol. The number of allylic oxidation sites excluding steroid dienone is 2. The molecule has 2 aromatic rings. The van der Waals surface area contributed by atoms with E-state index in [4.69, 9.17) is 4.98 Å². The fourth-order valence-electron chi connectivity index (χ4n) is 3.80. The normalized spacial score (nSPS) is 25.0. The van der Waals surface area contributed by atoms with Crippen LogP contribution in [-0.4, -0.2) is 16.9 Å². The summed E-state index contributed by atoms with van der Waals surface area (Å²) in [5, 5.41) is 4.40. The minimum atomic E-state index is 0.0289. The van der Waals surface area contributed by atoms with Crippen molar-refractivity contribution in [2.24, 2.45) is 5.92 Å². The van der Waals surface area contributed by atoms with Gasteiger partial charge in [0, 0.05) is 12.0 Å². The van der Waals surface area contributed by atoms with Gasteiger partial charge in [-0.25, -0.2) is 4.98 Å². The third-order valence-electron chi connectivity index (χ3n) is 5.10. The molecule has 1 heterocycles. The number of carbonyl (C=O) groups is 1. The first-order valence-electron chi connectivity index (χ1n) is 8.62. The topological polar surface area (TPSA) is 42.0 Å². The van der Waals surface area contributed by atoms with Crippen molar-refractivity contribution in [2.45, 2.75) is 50.5 Å². The molecule has 1 aromatic carbocycles. The van der Waals surface area contributed by atoms with Crippen LogP contribution in [0.1, 0.15) is 49.5 Å². The number of hydrogen-bond donors (Lipinski definition) is 1. The molecule has 0 bridgehead atoms. The van der Waals surface area contributed by atoms with Gasteiger partial charge in [-0.3, -0.25) is 4.79 Å². The van der Waals surface area contributed by atoms with E-state index in [1.54, 1.807) is 11.3 Å². The molecule has 3 nitrogen and oxygen atoms in total. The van der Waals surface area contributed by atoms with Crippen molar-refractivity contribution in [3.05, 3.63) is 41.4 Å². The summed E-state index contributed by atoms with van der Waals surface area (Å²) in [5.41, 5.74) is 1.05. The Labute approximate surface area is 140 Å². The first kappa shape index (κ1) is 14.9. The van der Waals surface area contributed by atoms with E-state index in [0.29, 0.717) is 6.04 Å². The maximum Gasteiger partial charge on any atom is 0.224 e. The maximum atomic E-state index is 12.8. The van der Waals surface area contributed by atoms with Crippen LogP contribution in [-0.2, 0) is 4.79 Å². The zero-order valence-electron chi connectivity index (χ0n) is 13.2. The summed E-state index contributed by atoms with van der Waals surface area (Å²) in [6.07, 6.45) is 10.9. The number of nitrogens with zero attached hydrogens (tertiary/aromatic N) is 1. The number of amides is 1. The Balaban J connectivity index is 1.57. The molecule has 2 atom stereocenters. The van der Waals surface area contributed by atoms with Crippen molar-refractivity contribution in [3.63, 3.8) is 0 Å². The molecule has 4 heteroatoms. The summed E-state index contributed by atoms with van der Waals surface area (Å²) in [4.78, 5) is 17.6. The van der Waals surface area contributed by atoms with Crippen LogP contribution in [0.3, 0.4) is 0 Å². The summed E-state index contributed by atoms with van der Waals surface area (Å²) in [6.45, 7) is 0. The third kappa shape index (κ3) is 3.05. The number of fused-ring (bicyclic) bond motifs is 1. The van der Waals surface area contributed by atoms with Gasteiger partial charge in [0.2, 0.25) is 5.91 Å². The Morgan fingerprint density at radius 2 is 1.91 bits per heavy atom. The standard InChI is InChI=1S/C19H22N2OS/c22-18(20-13-7-1-2-8-13)14-9-3-4-10-15(14)19-21-16-11-5-6-12-17(16)23-19/h3-6,11-15H,1-2,7-10H2,(H,20,22)/t14-,15+/m1/s1. The Bertz CT molecular complexity index is 697. The number of hydrogen-bond acceptors (Lipinski definition) is 3. The van der Waals surface area contributed by atoms with E-state index in [1.807, 2.05) is 6.07 Å². The third-order valence-corrected chi connectivity index (χ3v) is 6.27. The molecule has 1 fully saturated rings. The van der Waals surface area contributed by atoms with E-state index in [9.17, 15) is 4.79 Å². The first-order valence-corrected chi connectivity index (χ1v) is 9.44. The van der Waals surface area contributed by atoms with Crippen LogP contribution in [0.2, 0.25) is 0 Å². The molecule has 0 radical (unpaired) electrons. The van der Waals surface area contributed by atoms with Crippen LogP contribution in [0.25, 0.3) is 10.2 Å². The van der Waals surface area contributed by atoms with E-state index >= 15 is 0 Å². The summed E-state index contributed by atoms with van der Waals surface area (Å²) in [5.74, 6) is 0.477. The van der Waals surface area contributed by atoms with Crippen LogP contribution in [0.4, 0.5) is 0 Å². The maximum absolute atomic E-state index is 12.8. The van der Waals surface area contributed by atoms with Gasteiger partial charge in [-0.05, 0) is 37.8 Å². The zero-order chi connectivity index (χ0) is 15.6. The number of aromatic nitrogens is 1. The second-order valence-corrected chi connectivity index (χ2v) is 7.73. The van der Waals surface area contributed by atoms with Crippen molar-refractivity contribution < 1.29 is 4.79 Å². The second kappa shape index (κ2) is 6.44. The fourth-order valence-corrected chi connectivity index (χ4v) is 4.95. The molecule has 1 aromatic heterocycles. The highest BCUT2D eigenvalue weighted by Crippen LogP contribution is 2.38. The predicted octanol–water partition coefficient (Wildman–Crippen LogP) is 4.40. The predicted molar refractivity (Wildman–Crippen MR) is 94.6 cm³/mol. The smallest absolute Gasteiger partial charge is 0.224 e. The van der Waals surface area contributed by atoms with Gasteiger partial charge in [-0.15, -0.1) is 11.3 Å². The van der Waals surface area contributed by atoms with Gasteiger partial charge in [0.25, 0.3) is 0 Å². The lowest BCUT2D eigenvalue weighted by Gasteiger charge is -2.27. The Morgan fingerprint density at radius 1 is 1.13 bits per heavy atom. The van der Waals surface area contributed by atoms with Crippen LogP contribution in [0.5, 0.6) is 0 Å². The molecule has 0 aliphatic heterocycles. The van der Waals surface area contributed by atoms with Gasteiger partial charge < -0.3 is 5.32 Å². The first-order chi connectivity index (χ1) is 11.3. The molecule has 2 aliphatic carbocycles. The lowest BCUT2D eigenvalue weighted by molar-refractivity contribution is -0.126. The van der Waals surface area contributed by atoms with E-state index in [-0.39, 0.29) is 17.7 Å². The second-order valence-electron chi connectivity index (χ2n) is 6.67. The number of rotatable bonds is 3. The lowest BCUT2D eigenvalue weighted by atomic mass is 9.82. The number of benzene rings is 1. The van der Waals surface area contributed by atoms with Crippen LogP contribution in [0, 0.1) is 5.92 Å². The van der Waals surface area contributed by atoms with Crippen molar-refractivity contribution in [1.82, 2.24) is 10.3 Å². The van der Waals surface area contributed by atoms with E-state index in [2.05, 4.69) is 35.7 Å². The number of carbonyl (C=O) groups excluding carboxylic acids is 1. The van der Waals surface area contributed by atoms with Gasteiger partial charge >= 0.3 is 0 Å². The van der Waals surface area contributed by atoms with Gasteiger partial charge in [0.05, 0.1) is 21.1 Å². The Morgan fingerprint density at radius 3 is 2.74 bits per heavy atom. The largest absolute Gasteiger partial charge is 0.353 e. The molecule has 23 heavy (non-hydrogen) atoms. The molecule has 0 saturated heterocycles. The summed E-state index contributed by atoms with van der Waals surface area (Å²) in [7, 11) is 0. The molecule has 2 aliphatic rings. The van der Waals surface area contributed by atoms with E-state index in [0.717, 1.165) is 36.2 Å². The minimum absolute atomic E-state index is 0.0289. The molecule has 120 valence electrons. The SMILES string of the molecule is O=C(NC1CCCC1)[C@@H]1CC=CC[C@@H]1c1nc2ccccc2s1. The Hall–Kier alpha value is -1.68. The quantitative estimate of drug-likeness (QED) is 0.849. The lowest BCUT2D eigenvalue weighted by Crippen LogP contribution is -2.40. The zero-order valence-corrected chi connectivity index (χ0v) is 14.0. The monoisotopic (exact) mass is 326 g/mol. The number of para-hydroxylation sites is 1. The average molecular weight is 326 g/mol. The van der Waals surface area contributed by atoms with Crippen molar-refractivity contribution >= 4 is 27.5 Å². The van der Waals surface area contributed by atoms with E-state index < -0.39 is 0 Å². The van der Waals surface area contributed by atoms with Crippen LogP contribution < -0.4 is 5.32 Å². The minimum Gasteiger partial charge on any atom is -0.353 e. The molecule has 0 spiro atoms. The van der Waals surface area contributed by atoms with Crippen LogP contribution >= 0.6 is 11.3 Å². The summed E-state index contributed by atoms with van der Waals surface area (Å²) >= 11 is 1.74. The Kier molecular flexibility index (Phi) is 4.17. The molecule has 1 saturated carbocycles. The van der Waals surface area contributed by atoms with Gasteiger partial charge in [0.15, 0.2) is 0 Å². The highest BCUT2D eigenvalue weighted by Gasteiger charge is 2.33. The molecule has 1 N–H and O–H groups in total. The fraction of sp³-hybridized carbons (Fsp3) is 0.474. The number of thiazole rings is 1. The van der Waals surface area contributed by atoms with Crippen LogP contribution in [0.15, 0.2) is 36.4 Å². The molecule has 4 rings (SSSR count). The molecule has 0 unspecified atom stereocenters. The van der Waals surface area contributed by atoms with Gasteiger partial charge in [-0.2, -0.15) is 0 Å². The number of nitrogens with one attached hydrogen (secondary N) is 1. The molecular formula is C19H22N2OS.